The zero-order valence-electron chi connectivity index (χ0n) is 20.1. The molecule has 8 rings (SSSR count). The van der Waals surface area contributed by atoms with Crippen LogP contribution in [0.25, 0.3) is 28.4 Å². The van der Waals surface area contributed by atoms with E-state index in [-0.39, 0.29) is 34.6 Å². The Morgan fingerprint density at radius 1 is 1.05 bits per heavy atom. The fourth-order valence-corrected chi connectivity index (χ4v) is 8.58. The number of ether oxygens (including phenoxy) is 1. The van der Waals surface area contributed by atoms with Gasteiger partial charge in [-0.15, -0.1) is 0 Å². The number of thiocarbonyl (C=S) groups is 1. The van der Waals surface area contributed by atoms with E-state index in [1.54, 1.807) is 36.4 Å². The lowest BCUT2D eigenvalue weighted by Gasteiger charge is -2.56. The van der Waals surface area contributed by atoms with Gasteiger partial charge in [0.1, 0.15) is 38.5 Å². The van der Waals surface area contributed by atoms with Crippen LogP contribution in [0.3, 0.4) is 0 Å². The van der Waals surface area contributed by atoms with Crippen molar-refractivity contribution < 1.29 is 23.5 Å². The fraction of sp³-hybridized carbons (Fsp3) is 0.393. The highest BCUT2D eigenvalue weighted by molar-refractivity contribution is 8.26. The number of rotatable bonds is 4. The van der Waals surface area contributed by atoms with Crippen molar-refractivity contribution in [2.45, 2.75) is 38.1 Å². The minimum Gasteiger partial charge on any atom is -0.506 e. The minimum atomic E-state index is -0.729. The number of furan rings is 1. The molecule has 0 spiro atoms. The number of methoxy groups -OCH3 is 1. The average Bonchev–Trinajstić information content (AvgIpc) is 3.42. The summed E-state index contributed by atoms with van der Waals surface area (Å²) in [7, 11) is 1.51. The van der Waals surface area contributed by atoms with Crippen molar-refractivity contribution in [1.29, 1.82) is 0 Å². The number of thioether (sulfide) groups is 1. The molecule has 1 aromatic carbocycles. The highest BCUT2D eigenvalue weighted by Crippen LogP contribution is 2.56. The molecule has 37 heavy (non-hydrogen) atoms. The second-order valence-corrected chi connectivity index (χ2v) is 12.3. The van der Waals surface area contributed by atoms with Gasteiger partial charge in [-0.3, -0.25) is 9.69 Å². The predicted octanol–water partition coefficient (Wildman–Crippen LogP) is 5.79. The molecule has 7 nitrogen and oxygen atoms in total. The summed E-state index contributed by atoms with van der Waals surface area (Å²) in [6.45, 7) is 0. The number of benzene rings is 1. The molecule has 1 N–H and O–H groups in total. The molecule has 1 amide bonds. The summed E-state index contributed by atoms with van der Waals surface area (Å²) in [6, 6.07) is 8.30. The third-order valence-electron chi connectivity index (χ3n) is 8.53. The lowest BCUT2D eigenvalue weighted by molar-refractivity contribution is -0.130. The van der Waals surface area contributed by atoms with Gasteiger partial charge in [0.25, 0.3) is 5.91 Å². The second kappa shape index (κ2) is 8.49. The van der Waals surface area contributed by atoms with Crippen molar-refractivity contribution in [2.75, 3.05) is 7.11 Å². The number of fused-ring (bicyclic) bond motifs is 1. The van der Waals surface area contributed by atoms with Crippen LogP contribution in [0.2, 0.25) is 0 Å². The van der Waals surface area contributed by atoms with Gasteiger partial charge in [-0.25, -0.2) is 4.79 Å². The lowest BCUT2D eigenvalue weighted by Crippen LogP contribution is -2.57. The molecule has 4 aliphatic carbocycles. The first kappa shape index (κ1) is 23.1. The Balaban J connectivity index is 1.18. The van der Waals surface area contributed by atoms with Crippen LogP contribution >= 0.6 is 24.0 Å². The number of amides is 1. The summed E-state index contributed by atoms with van der Waals surface area (Å²) < 4.78 is 17.1. The van der Waals surface area contributed by atoms with E-state index < -0.39 is 5.63 Å². The molecule has 4 bridgehead atoms. The maximum atomic E-state index is 13.5. The van der Waals surface area contributed by atoms with Crippen LogP contribution in [0.1, 0.15) is 37.9 Å². The van der Waals surface area contributed by atoms with Crippen molar-refractivity contribution in [3.05, 3.63) is 51.4 Å². The third kappa shape index (κ3) is 3.66. The Bertz CT molecular complexity index is 1520. The first-order valence-electron chi connectivity index (χ1n) is 12.6. The molecule has 0 radical (unpaired) electrons. The van der Waals surface area contributed by atoms with E-state index in [0.717, 1.165) is 11.8 Å². The fourth-order valence-electron chi connectivity index (χ4n) is 7.26. The van der Waals surface area contributed by atoms with Gasteiger partial charge in [-0.05, 0) is 80.0 Å². The second-order valence-electron chi connectivity index (χ2n) is 10.7. The molecule has 1 saturated heterocycles. The predicted molar refractivity (Wildman–Crippen MR) is 144 cm³/mol. The lowest BCUT2D eigenvalue weighted by atomic mass is 9.54. The van der Waals surface area contributed by atoms with Gasteiger partial charge in [0.15, 0.2) is 0 Å². The maximum absolute atomic E-state index is 13.5. The molecular formula is C28H25NO6S2. The molecular weight excluding hydrogens is 510 g/mol. The van der Waals surface area contributed by atoms with Crippen molar-refractivity contribution >= 4 is 51.3 Å². The number of hydrogen-bond donors (Lipinski definition) is 1. The first-order chi connectivity index (χ1) is 17.9. The van der Waals surface area contributed by atoms with Crippen molar-refractivity contribution in [3.63, 3.8) is 0 Å². The van der Waals surface area contributed by atoms with Gasteiger partial charge >= 0.3 is 5.63 Å². The minimum absolute atomic E-state index is 0.0626. The van der Waals surface area contributed by atoms with E-state index in [1.165, 1.54) is 51.0 Å². The van der Waals surface area contributed by atoms with Crippen LogP contribution in [-0.4, -0.2) is 33.4 Å². The third-order valence-corrected chi connectivity index (χ3v) is 9.86. The monoisotopic (exact) mass is 535 g/mol. The summed E-state index contributed by atoms with van der Waals surface area (Å²) in [6.07, 6.45) is 7.86. The molecule has 5 aliphatic rings. The van der Waals surface area contributed by atoms with Crippen LogP contribution in [0.15, 0.2) is 48.9 Å². The van der Waals surface area contributed by atoms with E-state index in [2.05, 4.69) is 0 Å². The van der Waals surface area contributed by atoms with Crippen LogP contribution < -0.4 is 10.4 Å². The molecule has 0 atom stereocenters. The van der Waals surface area contributed by atoms with E-state index in [9.17, 15) is 14.7 Å². The highest BCUT2D eigenvalue weighted by Gasteiger charge is 2.53. The van der Waals surface area contributed by atoms with Gasteiger partial charge in [-0.1, -0.05) is 24.0 Å². The molecule has 0 unspecified atom stereocenters. The summed E-state index contributed by atoms with van der Waals surface area (Å²) >= 11 is 6.99. The SMILES string of the molecule is COc1ccc2c(O)c(-c3ccc(/C=C4\SC(=S)N(C5C6CC7CC(C6)CC5C7)C4=O)o3)c(=O)oc2c1. The molecule has 2 aromatic heterocycles. The van der Waals surface area contributed by atoms with Crippen molar-refractivity contribution in [1.82, 2.24) is 4.90 Å². The molecule has 5 fully saturated rings. The largest absolute Gasteiger partial charge is 0.506 e. The molecule has 9 heteroatoms. The number of carbonyl (C=O) groups excluding carboxylic acids is 1. The standard InChI is InChI=1S/C28H25NO6S2/c1-33-17-2-4-19-21(11-17)35-27(32)23(25(19)30)20-5-3-18(34-20)12-22-26(31)29(28(36)37-22)24-15-7-13-6-14(9-15)10-16(24)8-13/h2-5,11-16,24,30H,6-10H2,1H3/b22-12-. The summed E-state index contributed by atoms with van der Waals surface area (Å²) in [4.78, 5) is 28.6. The van der Waals surface area contributed by atoms with Crippen molar-refractivity contribution in [2.24, 2.45) is 23.7 Å². The van der Waals surface area contributed by atoms with Gasteiger partial charge in [0.05, 0.1) is 17.4 Å². The Labute approximate surface area is 222 Å². The summed E-state index contributed by atoms with van der Waals surface area (Å²) in [5.74, 6) is 3.50. The van der Waals surface area contributed by atoms with Crippen LogP contribution in [0, 0.1) is 23.7 Å². The number of carbonyl (C=O) groups is 1. The van der Waals surface area contributed by atoms with Gasteiger partial charge < -0.3 is 18.7 Å². The van der Waals surface area contributed by atoms with E-state index in [4.69, 9.17) is 25.8 Å². The molecule has 4 saturated carbocycles. The molecule has 190 valence electrons. The molecule has 3 aromatic rings. The van der Waals surface area contributed by atoms with Crippen LogP contribution in [0.5, 0.6) is 11.5 Å². The summed E-state index contributed by atoms with van der Waals surface area (Å²) in [5, 5.41) is 11.2. The maximum Gasteiger partial charge on any atom is 0.351 e. The zero-order chi connectivity index (χ0) is 25.4. The normalized spacial score (nSPS) is 29.7. The molecule has 1 aliphatic heterocycles. The Hall–Kier alpha value is -3.04. The Morgan fingerprint density at radius 2 is 1.78 bits per heavy atom. The summed E-state index contributed by atoms with van der Waals surface area (Å²) in [5.41, 5.74) is -0.586. The van der Waals surface area contributed by atoms with E-state index in [1.807, 2.05) is 4.90 Å². The number of nitrogens with zero attached hydrogens (tertiary/aromatic N) is 1. The highest BCUT2D eigenvalue weighted by atomic mass is 32.2. The van der Waals surface area contributed by atoms with Gasteiger partial charge in [-0.2, -0.15) is 0 Å². The smallest absolute Gasteiger partial charge is 0.351 e. The topological polar surface area (TPSA) is 93.1 Å². The number of aromatic hydroxyl groups is 1. The molecule has 3 heterocycles. The van der Waals surface area contributed by atoms with Crippen LogP contribution in [-0.2, 0) is 4.79 Å². The average molecular weight is 536 g/mol. The van der Waals surface area contributed by atoms with Gasteiger partial charge in [0, 0.05) is 18.2 Å². The Kier molecular flexibility index (Phi) is 5.30. The van der Waals surface area contributed by atoms with Gasteiger partial charge in [0.2, 0.25) is 0 Å². The van der Waals surface area contributed by atoms with Crippen LogP contribution in [0.4, 0.5) is 0 Å². The van der Waals surface area contributed by atoms with E-state index in [0.29, 0.717) is 38.0 Å². The quantitative estimate of drug-likeness (QED) is 0.255. The van der Waals surface area contributed by atoms with Crippen molar-refractivity contribution in [3.8, 4) is 22.8 Å². The Morgan fingerprint density at radius 3 is 2.49 bits per heavy atom. The van der Waals surface area contributed by atoms with E-state index >= 15 is 0 Å². The zero-order valence-corrected chi connectivity index (χ0v) is 21.8. The first-order valence-corrected chi connectivity index (χ1v) is 13.8. The number of hydrogen-bond acceptors (Lipinski definition) is 8.